The molecular formula is C22H22N2O7S. The second kappa shape index (κ2) is 8.70. The van der Waals surface area contributed by atoms with Crippen molar-refractivity contribution < 1.29 is 32.6 Å². The van der Waals surface area contributed by atoms with Gasteiger partial charge in [-0.3, -0.25) is 10.0 Å². The topological polar surface area (TPSA) is 114 Å². The van der Waals surface area contributed by atoms with Gasteiger partial charge in [0.15, 0.2) is 26.1 Å². The highest BCUT2D eigenvalue weighted by Crippen LogP contribution is 2.38. The standard InChI is InChI=1S/C22H22N2O7S/c1-2-13-24(26)21(25)22(9-11-23-12-10-22)32(27,28)18-6-3-16(4-7-18)31-17-5-8-19-20(14-17)30-15-29-19/h1,3-8,14,23,26H,9-13,15H2. The van der Waals surface area contributed by atoms with Gasteiger partial charge < -0.3 is 19.5 Å². The van der Waals surface area contributed by atoms with E-state index in [0.29, 0.717) is 41.2 Å². The van der Waals surface area contributed by atoms with Gasteiger partial charge >= 0.3 is 0 Å². The highest BCUT2D eigenvalue weighted by Gasteiger charge is 2.53. The van der Waals surface area contributed by atoms with Crippen LogP contribution < -0.4 is 19.5 Å². The van der Waals surface area contributed by atoms with Crippen LogP contribution in [-0.4, -0.2) is 55.8 Å². The minimum Gasteiger partial charge on any atom is -0.457 e. The van der Waals surface area contributed by atoms with Crippen LogP contribution in [0, 0.1) is 12.3 Å². The molecule has 2 N–H and O–H groups in total. The summed E-state index contributed by atoms with van der Waals surface area (Å²) in [5, 5.41) is 13.4. The lowest BCUT2D eigenvalue weighted by atomic mass is 9.95. The van der Waals surface area contributed by atoms with Crippen molar-refractivity contribution >= 4 is 15.7 Å². The van der Waals surface area contributed by atoms with E-state index in [9.17, 15) is 18.4 Å². The van der Waals surface area contributed by atoms with Gasteiger partial charge in [0.1, 0.15) is 18.0 Å². The molecule has 1 fully saturated rings. The van der Waals surface area contributed by atoms with E-state index in [4.69, 9.17) is 20.6 Å². The van der Waals surface area contributed by atoms with Gasteiger partial charge in [-0.1, -0.05) is 5.92 Å². The number of hydrogen-bond acceptors (Lipinski definition) is 8. The fourth-order valence-electron chi connectivity index (χ4n) is 3.81. The highest BCUT2D eigenvalue weighted by atomic mass is 32.2. The normalized spacial score (nSPS) is 16.8. The number of nitrogens with one attached hydrogen (secondary N) is 1. The number of amides is 1. The molecule has 10 heteroatoms. The minimum absolute atomic E-state index is 0.0191. The molecule has 2 aliphatic rings. The van der Waals surface area contributed by atoms with Crippen LogP contribution in [0.3, 0.4) is 0 Å². The zero-order valence-electron chi connectivity index (χ0n) is 17.1. The van der Waals surface area contributed by atoms with Crippen LogP contribution in [0.4, 0.5) is 0 Å². The Labute approximate surface area is 185 Å². The Balaban J connectivity index is 1.59. The van der Waals surface area contributed by atoms with Crippen LogP contribution in [0.15, 0.2) is 47.4 Å². The number of rotatable bonds is 6. The van der Waals surface area contributed by atoms with Crippen LogP contribution in [0.2, 0.25) is 0 Å². The van der Waals surface area contributed by atoms with Gasteiger partial charge in [-0.25, -0.2) is 13.5 Å². The van der Waals surface area contributed by atoms with Crippen LogP contribution >= 0.6 is 0 Å². The fourth-order valence-corrected chi connectivity index (χ4v) is 5.83. The molecule has 2 aromatic rings. The van der Waals surface area contributed by atoms with Gasteiger partial charge in [0.25, 0.3) is 5.91 Å². The van der Waals surface area contributed by atoms with E-state index in [1.165, 1.54) is 24.3 Å². The monoisotopic (exact) mass is 458 g/mol. The van der Waals surface area contributed by atoms with Crippen molar-refractivity contribution in [2.75, 3.05) is 26.4 Å². The number of sulfone groups is 1. The summed E-state index contributed by atoms with van der Waals surface area (Å²) in [4.78, 5) is 12.9. The molecule has 4 rings (SSSR count). The molecule has 0 spiro atoms. The summed E-state index contributed by atoms with van der Waals surface area (Å²) in [5.41, 5.74) is 0. The number of piperidine rings is 1. The molecule has 0 atom stereocenters. The lowest BCUT2D eigenvalue weighted by Crippen LogP contribution is -2.58. The summed E-state index contributed by atoms with van der Waals surface area (Å²) in [6.45, 7) is 0.389. The molecule has 0 aromatic heterocycles. The first-order chi connectivity index (χ1) is 15.4. The van der Waals surface area contributed by atoms with Crippen molar-refractivity contribution in [2.45, 2.75) is 22.5 Å². The van der Waals surface area contributed by atoms with Gasteiger partial charge in [-0.2, -0.15) is 0 Å². The van der Waals surface area contributed by atoms with E-state index < -0.39 is 27.0 Å². The summed E-state index contributed by atoms with van der Waals surface area (Å²) in [5.74, 6) is 3.33. The summed E-state index contributed by atoms with van der Waals surface area (Å²) in [7, 11) is -4.14. The molecule has 32 heavy (non-hydrogen) atoms. The number of benzene rings is 2. The number of nitrogens with zero attached hydrogens (tertiary/aromatic N) is 1. The fraction of sp³-hybridized carbons (Fsp3) is 0.318. The van der Waals surface area contributed by atoms with Crippen molar-refractivity contribution in [3.8, 4) is 35.3 Å². The van der Waals surface area contributed by atoms with E-state index in [1.54, 1.807) is 18.2 Å². The average molecular weight is 458 g/mol. The molecule has 0 aliphatic carbocycles. The Kier molecular flexibility index (Phi) is 5.97. The molecule has 168 valence electrons. The third-order valence-corrected chi connectivity index (χ3v) is 8.01. The Morgan fingerprint density at radius 1 is 1.12 bits per heavy atom. The predicted octanol–water partition coefficient (Wildman–Crippen LogP) is 1.95. The van der Waals surface area contributed by atoms with Crippen LogP contribution in [0.5, 0.6) is 23.0 Å². The number of carbonyl (C=O) groups excluding carboxylic acids is 1. The molecule has 2 aliphatic heterocycles. The van der Waals surface area contributed by atoms with E-state index in [0.717, 1.165) is 0 Å². The number of fused-ring (bicyclic) bond motifs is 1. The van der Waals surface area contributed by atoms with Crippen LogP contribution in [0.1, 0.15) is 12.8 Å². The second-order valence-electron chi connectivity index (χ2n) is 7.40. The molecule has 0 saturated carbocycles. The molecular weight excluding hydrogens is 436 g/mol. The maximum absolute atomic E-state index is 13.5. The van der Waals surface area contributed by atoms with Crippen molar-refractivity contribution in [1.29, 1.82) is 0 Å². The zero-order valence-corrected chi connectivity index (χ0v) is 17.9. The molecule has 0 radical (unpaired) electrons. The maximum Gasteiger partial charge on any atom is 0.268 e. The zero-order chi connectivity index (χ0) is 22.8. The van der Waals surface area contributed by atoms with Crippen molar-refractivity contribution in [3.63, 3.8) is 0 Å². The lowest BCUT2D eigenvalue weighted by molar-refractivity contribution is -0.166. The molecule has 2 heterocycles. The molecule has 0 unspecified atom stereocenters. The average Bonchev–Trinajstić information content (AvgIpc) is 3.27. The van der Waals surface area contributed by atoms with Crippen LogP contribution in [0.25, 0.3) is 0 Å². The van der Waals surface area contributed by atoms with Crippen molar-refractivity contribution in [1.82, 2.24) is 10.4 Å². The second-order valence-corrected chi connectivity index (χ2v) is 9.66. The molecule has 2 aromatic carbocycles. The SMILES string of the molecule is C#CCN(O)C(=O)C1(S(=O)(=O)c2ccc(Oc3ccc4c(c3)OCO4)cc2)CCNCC1. The number of ether oxygens (including phenoxy) is 3. The Hall–Kier alpha value is -3.26. The molecule has 9 nitrogen and oxygen atoms in total. The molecule has 0 bridgehead atoms. The minimum atomic E-state index is -4.14. The Bertz CT molecular complexity index is 1150. The predicted molar refractivity (Wildman–Crippen MR) is 113 cm³/mol. The number of terminal acetylenes is 1. The van der Waals surface area contributed by atoms with Gasteiger partial charge in [0.2, 0.25) is 6.79 Å². The summed E-state index contributed by atoms with van der Waals surface area (Å²) >= 11 is 0. The van der Waals surface area contributed by atoms with E-state index in [1.807, 2.05) is 0 Å². The van der Waals surface area contributed by atoms with Crippen LogP contribution in [-0.2, 0) is 14.6 Å². The summed E-state index contributed by atoms with van der Waals surface area (Å²) in [6.07, 6.45) is 5.21. The van der Waals surface area contributed by atoms with E-state index in [-0.39, 0.29) is 24.5 Å². The summed E-state index contributed by atoms with van der Waals surface area (Å²) < 4.78 is 41.7. The lowest BCUT2D eigenvalue weighted by Gasteiger charge is -2.37. The first kappa shape index (κ1) is 22.0. The third kappa shape index (κ3) is 3.86. The number of hydrogen-bond donors (Lipinski definition) is 2. The van der Waals surface area contributed by atoms with E-state index >= 15 is 0 Å². The maximum atomic E-state index is 13.5. The largest absolute Gasteiger partial charge is 0.457 e. The van der Waals surface area contributed by atoms with Gasteiger partial charge in [-0.05, 0) is 62.3 Å². The molecule has 1 amide bonds. The Morgan fingerprint density at radius 3 is 2.47 bits per heavy atom. The Morgan fingerprint density at radius 2 is 1.78 bits per heavy atom. The van der Waals surface area contributed by atoms with Gasteiger partial charge in [0.05, 0.1) is 4.90 Å². The number of carbonyl (C=O) groups is 1. The summed E-state index contributed by atoms with van der Waals surface area (Å²) in [6, 6.07) is 10.9. The van der Waals surface area contributed by atoms with Crippen molar-refractivity contribution in [2.24, 2.45) is 0 Å². The van der Waals surface area contributed by atoms with E-state index in [2.05, 4.69) is 11.2 Å². The quantitative estimate of drug-likeness (QED) is 0.384. The van der Waals surface area contributed by atoms with Crippen molar-refractivity contribution in [3.05, 3.63) is 42.5 Å². The smallest absolute Gasteiger partial charge is 0.268 e. The highest BCUT2D eigenvalue weighted by molar-refractivity contribution is 7.93. The third-order valence-electron chi connectivity index (χ3n) is 5.50. The molecule has 1 saturated heterocycles. The first-order valence-corrected chi connectivity index (χ1v) is 11.4. The van der Waals surface area contributed by atoms with Gasteiger partial charge in [0, 0.05) is 6.07 Å². The first-order valence-electron chi connectivity index (χ1n) is 9.95. The van der Waals surface area contributed by atoms with Gasteiger partial charge in [-0.15, -0.1) is 6.42 Å². The number of hydroxylamine groups is 2.